The first kappa shape index (κ1) is 9.27. The van der Waals surface area contributed by atoms with E-state index < -0.39 is 5.97 Å². The maximum atomic E-state index is 11.0. The minimum atomic E-state index is -0.821. The Bertz CT molecular complexity index is 382. The highest BCUT2D eigenvalue weighted by Crippen LogP contribution is 2.23. The van der Waals surface area contributed by atoms with Crippen LogP contribution in [-0.2, 0) is 20.0 Å². The average Bonchev–Trinajstić information content (AvgIpc) is 2.39. The van der Waals surface area contributed by atoms with Crippen LogP contribution in [0.5, 0.6) is 0 Å². The highest BCUT2D eigenvalue weighted by molar-refractivity contribution is 5.88. The fourth-order valence-electron chi connectivity index (χ4n) is 2.11. The van der Waals surface area contributed by atoms with Crippen LogP contribution in [0.4, 0.5) is 0 Å². The van der Waals surface area contributed by atoms with Crippen molar-refractivity contribution < 1.29 is 9.90 Å². The van der Waals surface area contributed by atoms with E-state index in [1.54, 1.807) is 11.6 Å². The number of likely N-dealkylation sites (N-methyl/N-ethyl adjacent to an activating group) is 1. The van der Waals surface area contributed by atoms with Crippen LogP contribution in [0.15, 0.2) is 6.20 Å². The number of carboxylic acid groups (broad SMARTS) is 1. The van der Waals surface area contributed by atoms with Crippen LogP contribution in [0.1, 0.15) is 21.6 Å². The molecule has 1 N–H and O–H groups in total. The fraction of sp³-hybridized carbons (Fsp3) is 0.500. The molecular weight excluding hydrogens is 180 g/mol. The Labute approximate surface area is 82.7 Å². The average molecular weight is 194 g/mol. The Hall–Kier alpha value is -1.29. The lowest BCUT2D eigenvalue weighted by Gasteiger charge is -2.22. The van der Waals surface area contributed by atoms with E-state index in [0.29, 0.717) is 5.69 Å². The van der Waals surface area contributed by atoms with Crippen LogP contribution in [0, 0.1) is 0 Å². The smallest absolute Gasteiger partial charge is 0.352 e. The van der Waals surface area contributed by atoms with Crippen molar-refractivity contribution in [2.75, 3.05) is 13.6 Å². The second-order valence-electron chi connectivity index (χ2n) is 3.89. The van der Waals surface area contributed by atoms with E-state index in [2.05, 4.69) is 11.9 Å². The highest BCUT2D eigenvalue weighted by atomic mass is 16.4. The fourth-order valence-corrected chi connectivity index (χ4v) is 2.11. The molecule has 1 aromatic rings. The molecule has 0 unspecified atom stereocenters. The van der Waals surface area contributed by atoms with Crippen molar-refractivity contribution in [2.24, 2.45) is 7.05 Å². The van der Waals surface area contributed by atoms with Gasteiger partial charge in [0, 0.05) is 26.3 Å². The second-order valence-corrected chi connectivity index (χ2v) is 3.89. The van der Waals surface area contributed by atoms with Gasteiger partial charge in [-0.3, -0.25) is 0 Å². The molecule has 1 aliphatic rings. The molecule has 0 spiro atoms. The van der Waals surface area contributed by atoms with Gasteiger partial charge in [0.15, 0.2) is 0 Å². The van der Waals surface area contributed by atoms with Gasteiger partial charge in [0.1, 0.15) is 5.69 Å². The largest absolute Gasteiger partial charge is 0.477 e. The van der Waals surface area contributed by atoms with Crippen LogP contribution in [0.2, 0.25) is 0 Å². The zero-order chi connectivity index (χ0) is 10.3. The van der Waals surface area contributed by atoms with Gasteiger partial charge in [0.25, 0.3) is 0 Å². The van der Waals surface area contributed by atoms with Gasteiger partial charge < -0.3 is 14.6 Å². The predicted octanol–water partition coefficient (Wildman–Crippen LogP) is 0.711. The molecule has 0 amide bonds. The van der Waals surface area contributed by atoms with Crippen LogP contribution in [0.3, 0.4) is 0 Å². The van der Waals surface area contributed by atoms with Gasteiger partial charge in [0.05, 0.1) is 0 Å². The molecular formula is C10H14N2O2. The summed E-state index contributed by atoms with van der Waals surface area (Å²) in [5, 5.41) is 9.04. The number of nitrogens with zero attached hydrogens (tertiary/aromatic N) is 2. The Balaban J connectivity index is 2.49. The van der Waals surface area contributed by atoms with Crippen molar-refractivity contribution in [3.8, 4) is 0 Å². The summed E-state index contributed by atoms with van der Waals surface area (Å²) in [6.45, 7) is 1.80. The summed E-state index contributed by atoms with van der Waals surface area (Å²) in [6.07, 6.45) is 2.77. The molecule has 1 aliphatic heterocycles. The summed E-state index contributed by atoms with van der Waals surface area (Å²) >= 11 is 0. The van der Waals surface area contributed by atoms with E-state index in [1.165, 1.54) is 0 Å². The Kier molecular flexibility index (Phi) is 2.07. The number of hydrogen-bond acceptors (Lipinski definition) is 2. The quantitative estimate of drug-likeness (QED) is 0.716. The molecule has 14 heavy (non-hydrogen) atoms. The van der Waals surface area contributed by atoms with Crippen molar-refractivity contribution in [1.29, 1.82) is 0 Å². The van der Waals surface area contributed by atoms with Crippen molar-refractivity contribution >= 4 is 5.97 Å². The van der Waals surface area contributed by atoms with Gasteiger partial charge in [-0.2, -0.15) is 0 Å². The summed E-state index contributed by atoms with van der Waals surface area (Å²) < 4.78 is 1.71. The van der Waals surface area contributed by atoms with Crippen molar-refractivity contribution in [2.45, 2.75) is 13.0 Å². The van der Waals surface area contributed by atoms with E-state index in [0.717, 1.165) is 30.6 Å². The number of hydrogen-bond donors (Lipinski definition) is 1. The lowest BCUT2D eigenvalue weighted by atomic mass is 10.0. The Morgan fingerprint density at radius 1 is 1.50 bits per heavy atom. The van der Waals surface area contributed by atoms with E-state index in [-0.39, 0.29) is 0 Å². The van der Waals surface area contributed by atoms with Crippen molar-refractivity contribution in [3.63, 3.8) is 0 Å². The Morgan fingerprint density at radius 2 is 2.21 bits per heavy atom. The molecule has 0 aromatic carbocycles. The van der Waals surface area contributed by atoms with E-state index in [1.807, 2.05) is 6.20 Å². The van der Waals surface area contributed by atoms with Gasteiger partial charge in [-0.1, -0.05) is 0 Å². The zero-order valence-corrected chi connectivity index (χ0v) is 8.45. The summed E-state index contributed by atoms with van der Waals surface area (Å²) in [5.74, 6) is -0.821. The molecule has 1 aromatic heterocycles. The molecule has 0 saturated heterocycles. The van der Waals surface area contributed by atoms with Gasteiger partial charge in [0.2, 0.25) is 0 Å². The minimum absolute atomic E-state index is 0.452. The van der Waals surface area contributed by atoms with Crippen LogP contribution >= 0.6 is 0 Å². The summed E-state index contributed by atoms with van der Waals surface area (Å²) in [6, 6.07) is 0. The minimum Gasteiger partial charge on any atom is -0.477 e. The third kappa shape index (κ3) is 1.32. The number of fused-ring (bicyclic) bond motifs is 1. The van der Waals surface area contributed by atoms with Crippen molar-refractivity contribution in [1.82, 2.24) is 9.47 Å². The van der Waals surface area contributed by atoms with Gasteiger partial charge in [-0.05, 0) is 24.6 Å². The summed E-state index contributed by atoms with van der Waals surface area (Å²) in [7, 11) is 3.85. The van der Waals surface area contributed by atoms with Gasteiger partial charge >= 0.3 is 5.97 Å². The van der Waals surface area contributed by atoms with E-state index in [9.17, 15) is 4.79 Å². The first-order valence-electron chi connectivity index (χ1n) is 4.68. The molecule has 0 fully saturated rings. The number of rotatable bonds is 1. The molecule has 0 aliphatic carbocycles. The van der Waals surface area contributed by atoms with Crippen LogP contribution in [0.25, 0.3) is 0 Å². The van der Waals surface area contributed by atoms with Gasteiger partial charge in [-0.25, -0.2) is 4.79 Å². The normalized spacial score (nSPS) is 16.7. The summed E-state index contributed by atoms with van der Waals surface area (Å²) in [5.41, 5.74) is 2.62. The molecule has 76 valence electrons. The SMILES string of the molecule is CN1CCc2c(cn(C)c2C(=O)O)C1. The molecule has 0 radical (unpaired) electrons. The standard InChI is InChI=1S/C10H14N2O2/c1-11-4-3-8-7(5-11)6-12(2)9(8)10(13)14/h6H,3-5H2,1-2H3,(H,13,14). The van der Waals surface area contributed by atoms with E-state index in [4.69, 9.17) is 5.11 Å². The first-order valence-corrected chi connectivity index (χ1v) is 4.68. The van der Waals surface area contributed by atoms with Crippen LogP contribution in [-0.4, -0.2) is 34.1 Å². The number of aryl methyl sites for hydroxylation is 1. The maximum Gasteiger partial charge on any atom is 0.352 e. The lowest BCUT2D eigenvalue weighted by molar-refractivity contribution is 0.0685. The number of carbonyl (C=O) groups is 1. The molecule has 4 nitrogen and oxygen atoms in total. The molecule has 2 rings (SSSR count). The zero-order valence-electron chi connectivity index (χ0n) is 8.45. The third-order valence-electron chi connectivity index (χ3n) is 2.76. The molecule has 2 heterocycles. The number of aromatic carboxylic acids is 1. The Morgan fingerprint density at radius 3 is 2.86 bits per heavy atom. The third-order valence-corrected chi connectivity index (χ3v) is 2.76. The molecule has 0 bridgehead atoms. The monoisotopic (exact) mass is 194 g/mol. The summed E-state index contributed by atoms with van der Waals surface area (Å²) in [4.78, 5) is 13.2. The maximum absolute atomic E-state index is 11.0. The number of aromatic nitrogens is 1. The van der Waals surface area contributed by atoms with Gasteiger partial charge in [-0.15, -0.1) is 0 Å². The van der Waals surface area contributed by atoms with Crippen LogP contribution < -0.4 is 0 Å². The van der Waals surface area contributed by atoms with E-state index >= 15 is 0 Å². The van der Waals surface area contributed by atoms with Crippen molar-refractivity contribution in [3.05, 3.63) is 23.0 Å². The first-order chi connectivity index (χ1) is 6.59. The molecule has 4 heteroatoms. The predicted molar refractivity (Wildman–Crippen MR) is 52.4 cm³/mol. The lowest BCUT2D eigenvalue weighted by Crippen LogP contribution is -2.26. The second kappa shape index (κ2) is 3.13. The molecule has 0 atom stereocenters. The highest BCUT2D eigenvalue weighted by Gasteiger charge is 2.23. The number of carboxylic acids is 1. The molecule has 0 saturated carbocycles. The topological polar surface area (TPSA) is 45.5 Å².